The summed E-state index contributed by atoms with van der Waals surface area (Å²) in [5.41, 5.74) is 1.88. The van der Waals surface area contributed by atoms with Gasteiger partial charge in [-0.25, -0.2) is 12.8 Å². The van der Waals surface area contributed by atoms with Gasteiger partial charge in [-0.2, -0.15) is 0 Å². The molecule has 0 radical (unpaired) electrons. The number of rotatable bonds is 6. The third-order valence-corrected chi connectivity index (χ3v) is 6.89. The summed E-state index contributed by atoms with van der Waals surface area (Å²) in [4.78, 5) is 12.6. The Labute approximate surface area is 190 Å². The van der Waals surface area contributed by atoms with E-state index in [1.54, 1.807) is 49.4 Å². The van der Waals surface area contributed by atoms with Crippen LogP contribution in [0.3, 0.4) is 0 Å². The Morgan fingerprint density at radius 1 is 1.00 bits per heavy atom. The number of aryl methyl sites for hydroxylation is 1. The van der Waals surface area contributed by atoms with Gasteiger partial charge in [0.1, 0.15) is 5.82 Å². The Morgan fingerprint density at radius 2 is 1.70 bits per heavy atom. The number of benzene rings is 3. The molecule has 4 rings (SSSR count). The molecule has 1 amide bonds. The molecule has 7 nitrogen and oxygen atoms in total. The summed E-state index contributed by atoms with van der Waals surface area (Å²) in [6, 6.07) is 20.5. The standard InChI is InChI=1S/C24H20FN3O4S/c1-16-8-9-17(14-21(16)25)23-15-22(27-32-23)24(29)26-18-10-12-20(13-11-18)33(30,31)28(2)19-6-4-3-5-7-19/h3-15H,1-2H3,(H,26,29). The van der Waals surface area contributed by atoms with Crippen molar-refractivity contribution in [2.45, 2.75) is 11.8 Å². The first-order valence-electron chi connectivity index (χ1n) is 9.94. The predicted octanol–water partition coefficient (Wildman–Crippen LogP) is 4.87. The monoisotopic (exact) mass is 465 g/mol. The zero-order valence-corrected chi connectivity index (χ0v) is 18.6. The van der Waals surface area contributed by atoms with Crippen LogP contribution in [0, 0.1) is 12.7 Å². The van der Waals surface area contributed by atoms with Crippen LogP contribution in [0.4, 0.5) is 15.8 Å². The molecule has 3 aromatic carbocycles. The molecule has 0 atom stereocenters. The van der Waals surface area contributed by atoms with E-state index in [1.165, 1.54) is 47.8 Å². The van der Waals surface area contributed by atoms with Crippen molar-refractivity contribution in [3.05, 3.63) is 95.9 Å². The van der Waals surface area contributed by atoms with Gasteiger partial charge in [0.25, 0.3) is 15.9 Å². The second-order valence-corrected chi connectivity index (χ2v) is 9.30. The molecule has 0 bridgehead atoms. The summed E-state index contributed by atoms with van der Waals surface area (Å²) in [6.45, 7) is 1.65. The van der Waals surface area contributed by atoms with Gasteiger partial charge in [-0.1, -0.05) is 35.5 Å². The van der Waals surface area contributed by atoms with Crippen molar-refractivity contribution in [3.63, 3.8) is 0 Å². The van der Waals surface area contributed by atoms with Crippen molar-refractivity contribution in [3.8, 4) is 11.3 Å². The van der Waals surface area contributed by atoms with E-state index in [4.69, 9.17) is 4.52 Å². The third kappa shape index (κ3) is 4.63. The molecule has 0 aliphatic carbocycles. The van der Waals surface area contributed by atoms with E-state index in [2.05, 4.69) is 10.5 Å². The van der Waals surface area contributed by atoms with Gasteiger partial charge in [0, 0.05) is 24.4 Å². The quantitative estimate of drug-likeness (QED) is 0.439. The van der Waals surface area contributed by atoms with Crippen molar-refractivity contribution in [2.24, 2.45) is 0 Å². The summed E-state index contributed by atoms with van der Waals surface area (Å²) in [5.74, 6) is -0.679. The minimum atomic E-state index is -3.76. The molecule has 4 aromatic rings. The molecule has 9 heteroatoms. The number of sulfonamides is 1. The van der Waals surface area contributed by atoms with Crippen molar-refractivity contribution in [1.29, 1.82) is 0 Å². The van der Waals surface area contributed by atoms with E-state index in [0.29, 0.717) is 22.5 Å². The van der Waals surface area contributed by atoms with E-state index in [9.17, 15) is 17.6 Å². The number of hydrogen-bond acceptors (Lipinski definition) is 5. The molecule has 1 N–H and O–H groups in total. The summed E-state index contributed by atoms with van der Waals surface area (Å²) in [5, 5.41) is 6.38. The van der Waals surface area contributed by atoms with Crippen molar-refractivity contribution < 1.29 is 22.1 Å². The van der Waals surface area contributed by atoms with E-state index < -0.39 is 15.9 Å². The van der Waals surface area contributed by atoms with Crippen LogP contribution in [0.25, 0.3) is 11.3 Å². The highest BCUT2D eigenvalue weighted by molar-refractivity contribution is 7.92. The van der Waals surface area contributed by atoms with Crippen molar-refractivity contribution >= 4 is 27.3 Å². The van der Waals surface area contributed by atoms with Gasteiger partial charge in [0.05, 0.1) is 10.6 Å². The van der Waals surface area contributed by atoms with Crippen LogP contribution in [-0.4, -0.2) is 26.5 Å². The lowest BCUT2D eigenvalue weighted by Gasteiger charge is -2.19. The van der Waals surface area contributed by atoms with E-state index in [-0.39, 0.29) is 22.2 Å². The Kier molecular flexibility index (Phi) is 5.97. The normalized spacial score (nSPS) is 11.2. The fourth-order valence-electron chi connectivity index (χ4n) is 3.10. The average Bonchev–Trinajstić information content (AvgIpc) is 3.32. The number of halogens is 1. The lowest BCUT2D eigenvalue weighted by atomic mass is 10.1. The smallest absolute Gasteiger partial charge is 0.277 e. The molecule has 33 heavy (non-hydrogen) atoms. The summed E-state index contributed by atoms with van der Waals surface area (Å²) in [6.07, 6.45) is 0. The molecule has 0 aliphatic heterocycles. The number of hydrogen-bond donors (Lipinski definition) is 1. The zero-order valence-electron chi connectivity index (χ0n) is 17.8. The maximum Gasteiger partial charge on any atom is 0.277 e. The molecule has 0 fully saturated rings. The molecule has 1 heterocycles. The largest absolute Gasteiger partial charge is 0.355 e. The average molecular weight is 466 g/mol. The number of carbonyl (C=O) groups excluding carboxylic acids is 1. The second-order valence-electron chi connectivity index (χ2n) is 7.33. The Hall–Kier alpha value is -3.98. The molecular formula is C24H20FN3O4S. The molecule has 0 spiro atoms. The van der Waals surface area contributed by atoms with Crippen LogP contribution in [0.1, 0.15) is 16.1 Å². The topological polar surface area (TPSA) is 92.5 Å². The minimum Gasteiger partial charge on any atom is -0.355 e. The Morgan fingerprint density at radius 3 is 2.36 bits per heavy atom. The van der Waals surface area contributed by atoms with Crippen LogP contribution >= 0.6 is 0 Å². The van der Waals surface area contributed by atoms with Gasteiger partial charge in [-0.3, -0.25) is 9.10 Å². The van der Waals surface area contributed by atoms with Gasteiger partial charge in [-0.15, -0.1) is 0 Å². The van der Waals surface area contributed by atoms with Crippen LogP contribution in [-0.2, 0) is 10.0 Å². The molecule has 0 saturated carbocycles. The molecule has 0 aliphatic rings. The first kappa shape index (κ1) is 22.2. The van der Waals surface area contributed by atoms with Crippen molar-refractivity contribution in [1.82, 2.24) is 5.16 Å². The molecule has 168 valence electrons. The number of nitrogens with one attached hydrogen (secondary N) is 1. The lowest BCUT2D eigenvalue weighted by molar-refractivity contribution is 0.101. The maximum absolute atomic E-state index is 13.8. The van der Waals surface area contributed by atoms with E-state index in [0.717, 1.165) is 0 Å². The third-order valence-electron chi connectivity index (χ3n) is 5.09. The van der Waals surface area contributed by atoms with E-state index >= 15 is 0 Å². The number of carbonyl (C=O) groups is 1. The van der Waals surface area contributed by atoms with Gasteiger partial charge in [0.15, 0.2) is 11.5 Å². The SMILES string of the molecule is Cc1ccc(-c2cc(C(=O)Nc3ccc(S(=O)(=O)N(C)c4ccccc4)cc3)no2)cc1F. The highest BCUT2D eigenvalue weighted by Crippen LogP contribution is 2.25. The van der Waals surface area contributed by atoms with E-state index in [1.807, 2.05) is 0 Å². The zero-order chi connectivity index (χ0) is 23.6. The fourth-order valence-corrected chi connectivity index (χ4v) is 4.30. The summed E-state index contributed by atoms with van der Waals surface area (Å²) >= 11 is 0. The molecule has 0 saturated heterocycles. The van der Waals surface area contributed by atoms with Gasteiger partial charge in [0.2, 0.25) is 0 Å². The van der Waals surface area contributed by atoms with Crippen LogP contribution < -0.4 is 9.62 Å². The van der Waals surface area contributed by atoms with Crippen LogP contribution in [0.2, 0.25) is 0 Å². The second kappa shape index (κ2) is 8.87. The molecule has 0 unspecified atom stereocenters. The fraction of sp³-hybridized carbons (Fsp3) is 0.0833. The number of nitrogens with zero attached hydrogens (tertiary/aromatic N) is 2. The number of para-hydroxylation sites is 1. The first-order valence-corrected chi connectivity index (χ1v) is 11.4. The first-order chi connectivity index (χ1) is 15.8. The van der Waals surface area contributed by atoms with Crippen LogP contribution in [0.5, 0.6) is 0 Å². The highest BCUT2D eigenvalue weighted by Gasteiger charge is 2.21. The minimum absolute atomic E-state index is 0.00601. The molecular weight excluding hydrogens is 445 g/mol. The van der Waals surface area contributed by atoms with Crippen LogP contribution in [0.15, 0.2) is 88.3 Å². The molecule has 1 aromatic heterocycles. The predicted molar refractivity (Wildman–Crippen MR) is 123 cm³/mol. The Balaban J connectivity index is 1.47. The number of aromatic nitrogens is 1. The van der Waals surface area contributed by atoms with Gasteiger partial charge in [-0.05, 0) is 55.0 Å². The number of anilines is 2. The number of amides is 1. The maximum atomic E-state index is 13.8. The van der Waals surface area contributed by atoms with Crippen molar-refractivity contribution in [2.75, 3.05) is 16.7 Å². The summed E-state index contributed by atoms with van der Waals surface area (Å²) < 4.78 is 45.9. The van der Waals surface area contributed by atoms with Gasteiger partial charge < -0.3 is 9.84 Å². The van der Waals surface area contributed by atoms with Gasteiger partial charge >= 0.3 is 0 Å². The lowest BCUT2D eigenvalue weighted by Crippen LogP contribution is -2.26. The highest BCUT2D eigenvalue weighted by atomic mass is 32.2. The Bertz CT molecular complexity index is 1400. The summed E-state index contributed by atoms with van der Waals surface area (Å²) in [7, 11) is -2.29.